The normalized spacial score (nSPS) is 15.0. The maximum absolute atomic E-state index is 12.7. The Morgan fingerprint density at radius 3 is 2.36 bits per heavy atom. The summed E-state index contributed by atoms with van der Waals surface area (Å²) in [6.45, 7) is 5.39. The minimum Gasteiger partial charge on any atom is -0.452 e. The molecule has 0 spiro atoms. The average Bonchev–Trinajstić information content (AvgIpc) is 3.32. The molecule has 10 heteroatoms. The van der Waals surface area contributed by atoms with Gasteiger partial charge in [-0.1, -0.05) is 43.3 Å². The highest BCUT2D eigenvalue weighted by molar-refractivity contribution is 7.89. The van der Waals surface area contributed by atoms with Crippen LogP contribution in [0.1, 0.15) is 41.6 Å². The zero-order valence-corrected chi connectivity index (χ0v) is 19.2. The quantitative estimate of drug-likeness (QED) is 0.483. The molecule has 0 aliphatic carbocycles. The van der Waals surface area contributed by atoms with Gasteiger partial charge in [0.25, 0.3) is 5.89 Å². The Labute approximate surface area is 192 Å². The molecule has 0 unspecified atom stereocenters. The fourth-order valence-electron chi connectivity index (χ4n) is 3.36. The number of aromatic nitrogens is 2. The highest BCUT2D eigenvalue weighted by Gasteiger charge is 2.26. The van der Waals surface area contributed by atoms with Crippen molar-refractivity contribution in [1.29, 1.82) is 0 Å². The SMILES string of the molecule is CC(C)c1ccc(-c2noc(COC(=O)c3ccc(S(=O)(=O)N4CCOCC4)cc3)n2)cc1. The Morgan fingerprint density at radius 2 is 1.73 bits per heavy atom. The molecule has 0 bridgehead atoms. The second-order valence-electron chi connectivity index (χ2n) is 7.91. The van der Waals surface area contributed by atoms with Crippen LogP contribution in [-0.2, 0) is 26.1 Å². The summed E-state index contributed by atoms with van der Waals surface area (Å²) in [5, 5.41) is 3.94. The highest BCUT2D eigenvalue weighted by atomic mass is 32.2. The third-order valence-corrected chi connectivity index (χ3v) is 7.24. The summed E-state index contributed by atoms with van der Waals surface area (Å²) in [5.41, 5.74) is 2.23. The number of hydrogen-bond acceptors (Lipinski definition) is 8. The van der Waals surface area contributed by atoms with E-state index < -0.39 is 16.0 Å². The van der Waals surface area contributed by atoms with Gasteiger partial charge in [-0.05, 0) is 35.7 Å². The van der Waals surface area contributed by atoms with E-state index >= 15 is 0 Å². The van der Waals surface area contributed by atoms with E-state index in [0.29, 0.717) is 38.0 Å². The Hall–Kier alpha value is -3.08. The van der Waals surface area contributed by atoms with Crippen LogP contribution in [0, 0.1) is 0 Å². The van der Waals surface area contributed by atoms with Gasteiger partial charge < -0.3 is 14.0 Å². The standard InChI is InChI=1S/C23H25N3O6S/c1-16(2)17-3-5-18(6-4-17)22-24-21(32-25-22)15-31-23(27)19-7-9-20(10-8-19)33(28,29)26-11-13-30-14-12-26/h3-10,16H,11-15H2,1-2H3. The number of morpholine rings is 1. The van der Waals surface area contributed by atoms with E-state index in [0.717, 1.165) is 5.56 Å². The number of rotatable bonds is 7. The molecule has 0 atom stereocenters. The molecule has 1 saturated heterocycles. The van der Waals surface area contributed by atoms with E-state index in [4.69, 9.17) is 14.0 Å². The van der Waals surface area contributed by atoms with Gasteiger partial charge in [-0.15, -0.1) is 0 Å². The van der Waals surface area contributed by atoms with Gasteiger partial charge in [-0.3, -0.25) is 0 Å². The van der Waals surface area contributed by atoms with Gasteiger partial charge in [0, 0.05) is 18.7 Å². The van der Waals surface area contributed by atoms with Gasteiger partial charge in [0.15, 0.2) is 6.61 Å². The van der Waals surface area contributed by atoms with Crippen LogP contribution in [0.25, 0.3) is 11.4 Å². The van der Waals surface area contributed by atoms with Crippen molar-refractivity contribution in [2.24, 2.45) is 0 Å². The minimum absolute atomic E-state index is 0.117. The van der Waals surface area contributed by atoms with Crippen molar-refractivity contribution in [2.75, 3.05) is 26.3 Å². The number of hydrogen-bond donors (Lipinski definition) is 0. The van der Waals surface area contributed by atoms with E-state index in [2.05, 4.69) is 24.0 Å². The molecule has 0 saturated carbocycles. The summed E-state index contributed by atoms with van der Waals surface area (Å²) in [6, 6.07) is 13.5. The molecule has 0 radical (unpaired) electrons. The van der Waals surface area contributed by atoms with Crippen molar-refractivity contribution in [1.82, 2.24) is 14.4 Å². The van der Waals surface area contributed by atoms with Gasteiger partial charge in [0.2, 0.25) is 15.8 Å². The Morgan fingerprint density at radius 1 is 1.06 bits per heavy atom. The number of esters is 1. The van der Waals surface area contributed by atoms with Crippen molar-refractivity contribution < 1.29 is 27.2 Å². The lowest BCUT2D eigenvalue weighted by atomic mass is 10.0. The Kier molecular flexibility index (Phi) is 6.87. The molecule has 0 amide bonds. The summed E-state index contributed by atoms with van der Waals surface area (Å²) in [4.78, 5) is 16.8. The summed E-state index contributed by atoms with van der Waals surface area (Å²) in [7, 11) is -3.62. The largest absolute Gasteiger partial charge is 0.452 e. The average molecular weight is 472 g/mol. The summed E-state index contributed by atoms with van der Waals surface area (Å²) in [6.07, 6.45) is 0. The Bertz CT molecular complexity index is 1200. The van der Waals surface area contributed by atoms with Crippen molar-refractivity contribution in [3.8, 4) is 11.4 Å². The van der Waals surface area contributed by atoms with Crippen molar-refractivity contribution in [3.63, 3.8) is 0 Å². The van der Waals surface area contributed by atoms with Crippen molar-refractivity contribution in [2.45, 2.75) is 31.3 Å². The molecule has 1 aliphatic heterocycles. The molecule has 174 valence electrons. The zero-order chi connectivity index (χ0) is 23.4. The van der Waals surface area contributed by atoms with Crippen molar-refractivity contribution in [3.05, 3.63) is 65.5 Å². The number of ether oxygens (including phenoxy) is 2. The highest BCUT2D eigenvalue weighted by Crippen LogP contribution is 2.21. The van der Waals surface area contributed by atoms with E-state index in [9.17, 15) is 13.2 Å². The Balaban J connectivity index is 1.36. The smallest absolute Gasteiger partial charge is 0.338 e. The molecule has 3 aromatic rings. The monoisotopic (exact) mass is 471 g/mol. The lowest BCUT2D eigenvalue weighted by molar-refractivity contribution is 0.0429. The van der Waals surface area contributed by atoms with Crippen LogP contribution in [-0.4, -0.2) is 55.1 Å². The zero-order valence-electron chi connectivity index (χ0n) is 18.4. The molecule has 9 nitrogen and oxygen atoms in total. The summed E-state index contributed by atoms with van der Waals surface area (Å²) < 4.78 is 42.3. The van der Waals surface area contributed by atoms with Gasteiger partial charge in [0.05, 0.1) is 23.7 Å². The first kappa shape index (κ1) is 23.1. The molecule has 1 aromatic heterocycles. The molecule has 33 heavy (non-hydrogen) atoms. The molecular weight excluding hydrogens is 446 g/mol. The maximum Gasteiger partial charge on any atom is 0.338 e. The van der Waals surface area contributed by atoms with Crippen LogP contribution in [0.5, 0.6) is 0 Å². The van der Waals surface area contributed by atoms with Gasteiger partial charge in [-0.25, -0.2) is 13.2 Å². The molecule has 1 aliphatic rings. The lowest BCUT2D eigenvalue weighted by Crippen LogP contribution is -2.40. The van der Waals surface area contributed by atoms with Crippen molar-refractivity contribution >= 4 is 16.0 Å². The first-order chi connectivity index (χ1) is 15.8. The first-order valence-electron chi connectivity index (χ1n) is 10.6. The molecule has 4 rings (SSSR count). The van der Waals surface area contributed by atoms with Gasteiger partial charge in [0.1, 0.15) is 0 Å². The van der Waals surface area contributed by atoms with E-state index in [1.165, 1.54) is 34.1 Å². The van der Waals surface area contributed by atoms with Gasteiger partial charge >= 0.3 is 5.97 Å². The molecule has 1 fully saturated rings. The topological polar surface area (TPSA) is 112 Å². The molecular formula is C23H25N3O6S. The first-order valence-corrected chi connectivity index (χ1v) is 12.1. The van der Waals surface area contributed by atoms with E-state index in [1.807, 2.05) is 24.3 Å². The summed E-state index contributed by atoms with van der Waals surface area (Å²) >= 11 is 0. The molecule has 2 heterocycles. The number of carbonyl (C=O) groups is 1. The van der Waals surface area contributed by atoms with Crippen LogP contribution in [0.2, 0.25) is 0 Å². The number of nitrogens with zero attached hydrogens (tertiary/aromatic N) is 3. The lowest BCUT2D eigenvalue weighted by Gasteiger charge is -2.26. The molecule has 0 N–H and O–H groups in total. The predicted octanol–water partition coefficient (Wildman–Crippen LogP) is 3.24. The van der Waals surface area contributed by atoms with Crippen LogP contribution < -0.4 is 0 Å². The van der Waals surface area contributed by atoms with E-state index in [-0.39, 0.29) is 23.0 Å². The van der Waals surface area contributed by atoms with Gasteiger partial charge in [-0.2, -0.15) is 9.29 Å². The van der Waals surface area contributed by atoms with Crippen LogP contribution in [0.15, 0.2) is 57.9 Å². The minimum atomic E-state index is -3.62. The number of benzene rings is 2. The van der Waals surface area contributed by atoms with E-state index in [1.54, 1.807) is 0 Å². The fraction of sp³-hybridized carbons (Fsp3) is 0.348. The summed E-state index contributed by atoms with van der Waals surface area (Å²) in [5.74, 6) is 0.381. The second kappa shape index (κ2) is 9.82. The van der Waals surface area contributed by atoms with Crippen LogP contribution in [0.3, 0.4) is 0 Å². The number of sulfonamides is 1. The second-order valence-corrected chi connectivity index (χ2v) is 9.84. The predicted molar refractivity (Wildman–Crippen MR) is 119 cm³/mol. The van der Waals surface area contributed by atoms with Crippen LogP contribution in [0.4, 0.5) is 0 Å². The maximum atomic E-state index is 12.7. The third kappa shape index (κ3) is 5.29. The fourth-order valence-corrected chi connectivity index (χ4v) is 4.77. The van der Waals surface area contributed by atoms with Crippen LogP contribution >= 0.6 is 0 Å². The molecule has 2 aromatic carbocycles. The number of carbonyl (C=O) groups excluding carboxylic acids is 1. The third-order valence-electron chi connectivity index (χ3n) is 5.33.